The number of rotatable bonds is 6. The number of allylic oxidation sites excluding steroid dienone is 2. The van der Waals surface area contributed by atoms with Crippen molar-refractivity contribution < 1.29 is 9.53 Å². The van der Waals surface area contributed by atoms with E-state index in [0.29, 0.717) is 0 Å². The molecule has 0 spiro atoms. The Morgan fingerprint density at radius 3 is 2.56 bits per heavy atom. The summed E-state index contributed by atoms with van der Waals surface area (Å²) in [5.74, 6) is -0.417. The van der Waals surface area contributed by atoms with Crippen molar-refractivity contribution in [3.05, 3.63) is 73.4 Å². The summed E-state index contributed by atoms with van der Waals surface area (Å²) in [7, 11) is 0. The smallest absolute Gasteiger partial charge is 0.330 e. The van der Waals surface area contributed by atoms with Gasteiger partial charge in [-0.05, 0) is 12.5 Å². The van der Waals surface area contributed by atoms with Gasteiger partial charge in [0, 0.05) is 11.5 Å². The third kappa shape index (κ3) is 3.74. The lowest BCUT2D eigenvalue weighted by Gasteiger charge is -2.22. The number of carbonyl (C=O) groups excluding carboxylic acids is 1. The van der Waals surface area contributed by atoms with Crippen LogP contribution in [0.4, 0.5) is 0 Å². The van der Waals surface area contributed by atoms with Crippen LogP contribution in [0.3, 0.4) is 0 Å². The molecule has 2 heteroatoms. The van der Waals surface area contributed by atoms with Gasteiger partial charge < -0.3 is 4.74 Å². The molecule has 1 aromatic carbocycles. The molecule has 0 unspecified atom stereocenters. The molecule has 0 saturated carbocycles. The molecular weight excluding hydrogens is 224 g/mol. The van der Waals surface area contributed by atoms with Gasteiger partial charge in [0.15, 0.2) is 0 Å². The van der Waals surface area contributed by atoms with E-state index in [0.717, 1.165) is 11.6 Å². The molecule has 0 fully saturated rings. The lowest BCUT2D eigenvalue weighted by atomic mass is 9.82. The molecule has 0 aliphatic rings. The van der Waals surface area contributed by atoms with Crippen LogP contribution in [0, 0.1) is 0 Å². The first-order valence-electron chi connectivity index (χ1n) is 5.78. The highest BCUT2D eigenvalue weighted by atomic mass is 16.5. The van der Waals surface area contributed by atoms with Crippen molar-refractivity contribution >= 4 is 5.97 Å². The Hall–Kier alpha value is -2.09. The number of carbonyl (C=O) groups is 1. The topological polar surface area (TPSA) is 26.3 Å². The highest BCUT2D eigenvalue weighted by Gasteiger charge is 2.18. The summed E-state index contributed by atoms with van der Waals surface area (Å²) >= 11 is 0. The first kappa shape index (κ1) is 14.0. The molecule has 0 aromatic heterocycles. The minimum Gasteiger partial charge on any atom is -0.458 e. The second kappa shape index (κ2) is 6.60. The van der Waals surface area contributed by atoms with Gasteiger partial charge in [-0.15, -0.1) is 6.58 Å². The van der Waals surface area contributed by atoms with Crippen molar-refractivity contribution in [1.82, 2.24) is 0 Å². The molecule has 0 radical (unpaired) electrons. The van der Waals surface area contributed by atoms with E-state index in [-0.39, 0.29) is 12.0 Å². The van der Waals surface area contributed by atoms with Crippen molar-refractivity contribution in [3.8, 4) is 0 Å². The van der Waals surface area contributed by atoms with E-state index in [9.17, 15) is 4.79 Å². The van der Waals surface area contributed by atoms with E-state index in [4.69, 9.17) is 4.74 Å². The second-order valence-corrected chi connectivity index (χ2v) is 4.09. The summed E-state index contributed by atoms with van der Waals surface area (Å²) in [6, 6.07) is 10.0. The van der Waals surface area contributed by atoms with Crippen LogP contribution < -0.4 is 0 Å². The average molecular weight is 242 g/mol. The third-order valence-corrected chi connectivity index (χ3v) is 2.77. The fourth-order valence-electron chi connectivity index (χ4n) is 1.56. The van der Waals surface area contributed by atoms with Crippen LogP contribution in [0.2, 0.25) is 0 Å². The van der Waals surface area contributed by atoms with Gasteiger partial charge in [-0.3, -0.25) is 0 Å². The number of hydrogen-bond donors (Lipinski definition) is 0. The number of esters is 1. The Kier molecular flexibility index (Phi) is 5.12. The predicted octanol–water partition coefficient (Wildman–Crippen LogP) is 3.42. The Bertz CT molecular complexity index is 445. The summed E-state index contributed by atoms with van der Waals surface area (Å²) in [6.07, 6.45) is 6.81. The van der Waals surface area contributed by atoms with Crippen LogP contribution in [0.5, 0.6) is 0 Å². The SMILES string of the molecule is C=CC(=O)OC/C=C/[C@](C)(C=C)c1ccccc1. The standard InChI is InChI=1S/C16H18O2/c1-4-15(17)18-13-9-12-16(3,5-2)14-10-7-6-8-11-14/h4-12H,1-2,13H2,3H3/b12-9+/t16-/m0/s1. The molecule has 18 heavy (non-hydrogen) atoms. The fourth-order valence-corrected chi connectivity index (χ4v) is 1.56. The molecule has 0 aliphatic heterocycles. The van der Waals surface area contributed by atoms with Crippen molar-refractivity contribution in [2.45, 2.75) is 12.3 Å². The highest BCUT2D eigenvalue weighted by Crippen LogP contribution is 2.26. The molecule has 94 valence electrons. The summed E-state index contributed by atoms with van der Waals surface area (Å²) < 4.78 is 4.89. The zero-order chi connectivity index (χ0) is 13.4. The molecule has 0 bridgehead atoms. The number of ether oxygens (including phenoxy) is 1. The van der Waals surface area contributed by atoms with Crippen LogP contribution in [0.25, 0.3) is 0 Å². The van der Waals surface area contributed by atoms with Gasteiger partial charge in [0.05, 0.1) is 0 Å². The van der Waals surface area contributed by atoms with Crippen LogP contribution in [0.1, 0.15) is 12.5 Å². The molecular formula is C16H18O2. The monoisotopic (exact) mass is 242 g/mol. The molecule has 1 rings (SSSR count). The van der Waals surface area contributed by atoms with Gasteiger partial charge in [0.2, 0.25) is 0 Å². The van der Waals surface area contributed by atoms with Gasteiger partial charge >= 0.3 is 5.97 Å². The molecule has 0 N–H and O–H groups in total. The molecule has 1 aromatic rings. The molecule has 1 atom stereocenters. The number of benzene rings is 1. The minimum absolute atomic E-state index is 0.237. The summed E-state index contributed by atoms with van der Waals surface area (Å²) in [5.41, 5.74) is 0.883. The number of hydrogen-bond acceptors (Lipinski definition) is 2. The van der Waals surface area contributed by atoms with E-state index in [1.807, 2.05) is 48.6 Å². The van der Waals surface area contributed by atoms with Gasteiger partial charge in [-0.1, -0.05) is 55.1 Å². The van der Waals surface area contributed by atoms with Gasteiger partial charge in [-0.2, -0.15) is 0 Å². The first-order valence-corrected chi connectivity index (χ1v) is 5.78. The van der Waals surface area contributed by atoms with Gasteiger partial charge in [0.25, 0.3) is 0 Å². The quantitative estimate of drug-likeness (QED) is 0.434. The van der Waals surface area contributed by atoms with E-state index in [2.05, 4.69) is 20.1 Å². The predicted molar refractivity (Wildman–Crippen MR) is 74.3 cm³/mol. The van der Waals surface area contributed by atoms with Gasteiger partial charge in [0.1, 0.15) is 6.61 Å². The van der Waals surface area contributed by atoms with Crippen LogP contribution >= 0.6 is 0 Å². The molecule has 0 saturated heterocycles. The highest BCUT2D eigenvalue weighted by molar-refractivity contribution is 5.81. The minimum atomic E-state index is -0.417. The average Bonchev–Trinajstić information content (AvgIpc) is 2.44. The normalized spacial score (nSPS) is 13.8. The third-order valence-electron chi connectivity index (χ3n) is 2.77. The maximum Gasteiger partial charge on any atom is 0.330 e. The zero-order valence-electron chi connectivity index (χ0n) is 10.6. The lowest BCUT2D eigenvalue weighted by Crippen LogP contribution is -2.15. The van der Waals surface area contributed by atoms with Crippen LogP contribution in [-0.2, 0) is 14.9 Å². The fraction of sp³-hybridized carbons (Fsp3) is 0.188. The second-order valence-electron chi connectivity index (χ2n) is 4.09. The van der Waals surface area contributed by atoms with Crippen molar-refractivity contribution in [2.24, 2.45) is 0 Å². The van der Waals surface area contributed by atoms with Crippen molar-refractivity contribution in [3.63, 3.8) is 0 Å². The summed E-state index contributed by atoms with van der Waals surface area (Å²) in [4.78, 5) is 10.9. The summed E-state index contributed by atoms with van der Waals surface area (Å²) in [5, 5.41) is 0. The summed E-state index contributed by atoms with van der Waals surface area (Å²) in [6.45, 7) is 9.49. The largest absolute Gasteiger partial charge is 0.458 e. The maximum atomic E-state index is 10.9. The Labute approximate surface area is 108 Å². The van der Waals surface area contributed by atoms with E-state index >= 15 is 0 Å². The van der Waals surface area contributed by atoms with Gasteiger partial charge in [-0.25, -0.2) is 4.79 Å². The molecule has 0 aliphatic carbocycles. The van der Waals surface area contributed by atoms with Crippen LogP contribution in [0.15, 0.2) is 67.8 Å². The zero-order valence-corrected chi connectivity index (χ0v) is 10.6. The molecule has 2 nitrogen and oxygen atoms in total. The Balaban J connectivity index is 2.72. The maximum absolute atomic E-state index is 10.9. The van der Waals surface area contributed by atoms with Crippen molar-refractivity contribution in [1.29, 1.82) is 0 Å². The van der Waals surface area contributed by atoms with E-state index in [1.54, 1.807) is 0 Å². The Morgan fingerprint density at radius 2 is 2.00 bits per heavy atom. The van der Waals surface area contributed by atoms with Crippen molar-refractivity contribution in [2.75, 3.05) is 6.61 Å². The van der Waals surface area contributed by atoms with Crippen LogP contribution in [-0.4, -0.2) is 12.6 Å². The molecule has 0 heterocycles. The van der Waals surface area contributed by atoms with E-state index in [1.165, 1.54) is 0 Å². The first-order chi connectivity index (χ1) is 8.62. The molecule has 0 amide bonds. The van der Waals surface area contributed by atoms with E-state index < -0.39 is 5.97 Å². The lowest BCUT2D eigenvalue weighted by molar-refractivity contribution is -0.136. The Morgan fingerprint density at radius 1 is 1.33 bits per heavy atom.